The van der Waals surface area contributed by atoms with Gasteiger partial charge >= 0.3 is 0 Å². The molecule has 0 aliphatic carbocycles. The Morgan fingerprint density at radius 2 is 2.06 bits per heavy atom. The van der Waals surface area contributed by atoms with Crippen LogP contribution in [0, 0.1) is 0 Å². The second kappa shape index (κ2) is 3.40. The van der Waals surface area contributed by atoms with Crippen LogP contribution in [0.3, 0.4) is 0 Å². The maximum absolute atomic E-state index is 5.83. The predicted molar refractivity (Wildman–Crippen MR) is 66.0 cm³/mol. The highest BCUT2D eigenvalue weighted by molar-refractivity contribution is 5.82. The highest BCUT2D eigenvalue weighted by Crippen LogP contribution is 2.27. The van der Waals surface area contributed by atoms with Gasteiger partial charge in [0.25, 0.3) is 5.78 Å². The average Bonchev–Trinajstić information content (AvgIpc) is 3.04. The van der Waals surface area contributed by atoms with Gasteiger partial charge in [0.1, 0.15) is 11.9 Å². The van der Waals surface area contributed by atoms with Crippen molar-refractivity contribution in [2.45, 2.75) is 0 Å². The average molecular weight is 236 g/mol. The Kier molecular flexibility index (Phi) is 1.77. The molecule has 0 amide bonds. The first kappa shape index (κ1) is 9.35. The summed E-state index contributed by atoms with van der Waals surface area (Å²) >= 11 is 0. The van der Waals surface area contributed by atoms with Gasteiger partial charge in [-0.25, -0.2) is 4.98 Å². The van der Waals surface area contributed by atoms with Crippen LogP contribution in [0.15, 0.2) is 53.3 Å². The third-order valence-corrected chi connectivity index (χ3v) is 2.89. The van der Waals surface area contributed by atoms with Gasteiger partial charge in [0.15, 0.2) is 5.76 Å². The van der Waals surface area contributed by atoms with Crippen molar-refractivity contribution in [1.29, 1.82) is 0 Å². The molecule has 0 atom stereocenters. The molecule has 5 heteroatoms. The number of furan rings is 1. The maximum Gasteiger partial charge on any atom is 0.255 e. The minimum absolute atomic E-state index is 0.563. The molecule has 18 heavy (non-hydrogen) atoms. The summed E-state index contributed by atoms with van der Waals surface area (Å²) in [4.78, 5) is 4.13. The van der Waals surface area contributed by atoms with E-state index in [1.165, 1.54) is 0 Å². The van der Waals surface area contributed by atoms with Crippen LogP contribution in [0.5, 0.6) is 0 Å². The third-order valence-electron chi connectivity index (χ3n) is 2.89. The van der Waals surface area contributed by atoms with Gasteiger partial charge in [-0.2, -0.15) is 0 Å². The number of para-hydroxylation sites is 1. The molecule has 1 aromatic carbocycles. The maximum atomic E-state index is 5.83. The van der Waals surface area contributed by atoms with Crippen LogP contribution >= 0.6 is 0 Å². The van der Waals surface area contributed by atoms with Crippen LogP contribution < -0.4 is 0 Å². The van der Waals surface area contributed by atoms with Crippen molar-refractivity contribution in [3.63, 3.8) is 0 Å². The van der Waals surface area contributed by atoms with Crippen LogP contribution in [-0.4, -0.2) is 19.6 Å². The molecule has 3 aromatic heterocycles. The molecule has 4 rings (SSSR count). The molecule has 0 saturated carbocycles. The topological polar surface area (TPSA) is 56.2 Å². The van der Waals surface area contributed by atoms with Crippen LogP contribution in [0.2, 0.25) is 0 Å². The monoisotopic (exact) mass is 236 g/mol. The predicted octanol–water partition coefficient (Wildman–Crippen LogP) is 2.54. The van der Waals surface area contributed by atoms with Gasteiger partial charge in [-0.3, -0.25) is 4.40 Å². The quantitative estimate of drug-likeness (QED) is 0.509. The van der Waals surface area contributed by atoms with E-state index in [0.717, 1.165) is 22.4 Å². The molecule has 86 valence electrons. The summed E-state index contributed by atoms with van der Waals surface area (Å²) in [6.45, 7) is 0. The summed E-state index contributed by atoms with van der Waals surface area (Å²) < 4.78 is 7.63. The summed E-state index contributed by atoms with van der Waals surface area (Å²) in [7, 11) is 0. The van der Waals surface area contributed by atoms with Gasteiger partial charge in [0, 0.05) is 11.6 Å². The molecule has 0 bridgehead atoms. The lowest BCUT2D eigenvalue weighted by Gasteiger charge is -1.99. The molecular formula is C13H8N4O. The number of aromatic nitrogens is 4. The lowest BCUT2D eigenvalue weighted by atomic mass is 10.2. The molecule has 3 heterocycles. The number of hydrogen-bond donors (Lipinski definition) is 0. The smallest absolute Gasteiger partial charge is 0.255 e. The molecule has 0 N–H and O–H groups in total. The summed E-state index contributed by atoms with van der Waals surface area (Å²) in [5.74, 6) is 1.34. The Morgan fingerprint density at radius 1 is 1.11 bits per heavy atom. The first-order valence-corrected chi connectivity index (χ1v) is 5.55. The molecule has 0 unspecified atom stereocenters. The highest BCUT2D eigenvalue weighted by Gasteiger charge is 2.10. The Bertz CT molecular complexity index is 813. The molecule has 5 nitrogen and oxygen atoms in total. The van der Waals surface area contributed by atoms with E-state index in [4.69, 9.17) is 4.42 Å². The van der Waals surface area contributed by atoms with Crippen LogP contribution in [0.4, 0.5) is 0 Å². The van der Waals surface area contributed by atoms with E-state index in [2.05, 4.69) is 15.2 Å². The van der Waals surface area contributed by atoms with E-state index in [-0.39, 0.29) is 0 Å². The third kappa shape index (κ3) is 1.24. The number of rotatable bonds is 1. The van der Waals surface area contributed by atoms with Crippen molar-refractivity contribution in [2.75, 3.05) is 0 Å². The van der Waals surface area contributed by atoms with Crippen molar-refractivity contribution in [2.24, 2.45) is 0 Å². The second-order valence-corrected chi connectivity index (χ2v) is 3.98. The van der Waals surface area contributed by atoms with E-state index in [0.29, 0.717) is 5.78 Å². The summed E-state index contributed by atoms with van der Waals surface area (Å²) in [6, 6.07) is 11.8. The Balaban J connectivity index is 2.04. The molecule has 0 aliphatic rings. The van der Waals surface area contributed by atoms with Crippen molar-refractivity contribution in [3.8, 4) is 11.5 Å². The van der Waals surface area contributed by atoms with Gasteiger partial charge in [0.05, 0.1) is 5.69 Å². The van der Waals surface area contributed by atoms with Gasteiger partial charge in [-0.1, -0.05) is 18.2 Å². The number of fused-ring (bicyclic) bond motifs is 2. The SMILES string of the molecule is c1ccc2oc(-c3ccnc4nncn34)cc2c1. The molecule has 0 radical (unpaired) electrons. The van der Waals surface area contributed by atoms with Gasteiger partial charge in [-0.15, -0.1) is 10.2 Å². The first-order chi connectivity index (χ1) is 8.92. The minimum atomic E-state index is 0.563. The molecular weight excluding hydrogens is 228 g/mol. The number of benzene rings is 1. The Labute approximate surface area is 102 Å². The van der Waals surface area contributed by atoms with Crippen molar-refractivity contribution in [3.05, 3.63) is 48.9 Å². The fourth-order valence-electron chi connectivity index (χ4n) is 2.05. The molecule has 0 aliphatic heterocycles. The Hall–Kier alpha value is -2.69. The first-order valence-electron chi connectivity index (χ1n) is 5.55. The van der Waals surface area contributed by atoms with Crippen LogP contribution in [0.1, 0.15) is 0 Å². The zero-order chi connectivity index (χ0) is 11.9. The van der Waals surface area contributed by atoms with E-state index < -0.39 is 0 Å². The second-order valence-electron chi connectivity index (χ2n) is 3.98. The normalized spacial score (nSPS) is 11.3. The van der Waals surface area contributed by atoms with Crippen molar-refractivity contribution < 1.29 is 4.42 Å². The largest absolute Gasteiger partial charge is 0.455 e. The van der Waals surface area contributed by atoms with Gasteiger partial charge < -0.3 is 4.42 Å². The van der Waals surface area contributed by atoms with E-state index in [1.807, 2.05) is 36.4 Å². The van der Waals surface area contributed by atoms with E-state index in [9.17, 15) is 0 Å². The lowest BCUT2D eigenvalue weighted by molar-refractivity contribution is 0.627. The fourth-order valence-corrected chi connectivity index (χ4v) is 2.05. The van der Waals surface area contributed by atoms with E-state index >= 15 is 0 Å². The molecule has 0 fully saturated rings. The summed E-state index contributed by atoms with van der Waals surface area (Å²) in [6.07, 6.45) is 3.33. The lowest BCUT2D eigenvalue weighted by Crippen LogP contribution is -1.91. The number of nitrogens with zero attached hydrogens (tertiary/aromatic N) is 4. The standard InChI is InChI=1S/C13H8N4O/c1-2-4-11-9(3-1)7-12(18-11)10-5-6-14-13-16-15-8-17(10)13/h1-8H. The van der Waals surface area contributed by atoms with Gasteiger partial charge in [0.2, 0.25) is 0 Å². The van der Waals surface area contributed by atoms with Crippen LogP contribution in [-0.2, 0) is 0 Å². The highest BCUT2D eigenvalue weighted by atomic mass is 16.3. The van der Waals surface area contributed by atoms with E-state index in [1.54, 1.807) is 16.9 Å². The zero-order valence-electron chi connectivity index (χ0n) is 9.32. The van der Waals surface area contributed by atoms with Crippen molar-refractivity contribution >= 4 is 16.7 Å². The van der Waals surface area contributed by atoms with Gasteiger partial charge in [-0.05, 0) is 18.2 Å². The molecule has 4 aromatic rings. The van der Waals surface area contributed by atoms with Crippen molar-refractivity contribution in [1.82, 2.24) is 19.6 Å². The minimum Gasteiger partial charge on any atom is -0.455 e. The zero-order valence-corrected chi connectivity index (χ0v) is 9.32. The Morgan fingerprint density at radius 3 is 3.00 bits per heavy atom. The molecule has 0 saturated heterocycles. The fraction of sp³-hybridized carbons (Fsp3) is 0. The molecule has 0 spiro atoms. The number of hydrogen-bond acceptors (Lipinski definition) is 4. The summed E-state index contributed by atoms with van der Waals surface area (Å²) in [5, 5.41) is 8.84. The summed E-state index contributed by atoms with van der Waals surface area (Å²) in [5.41, 5.74) is 1.76. The van der Waals surface area contributed by atoms with Crippen LogP contribution in [0.25, 0.3) is 28.2 Å².